The summed E-state index contributed by atoms with van der Waals surface area (Å²) < 4.78 is 6.33. The van der Waals surface area contributed by atoms with Crippen LogP contribution in [0.1, 0.15) is 43.9 Å². The summed E-state index contributed by atoms with van der Waals surface area (Å²) in [7, 11) is 4.01. The van der Waals surface area contributed by atoms with E-state index in [-0.39, 0.29) is 19.1 Å². The minimum absolute atomic E-state index is 0.136. The molecule has 0 fully saturated rings. The Balaban J connectivity index is 1.62. The lowest BCUT2D eigenvalue weighted by atomic mass is 10.0. The van der Waals surface area contributed by atoms with Crippen LogP contribution in [0.3, 0.4) is 0 Å². The quantitative estimate of drug-likeness (QED) is 0.236. The van der Waals surface area contributed by atoms with Gasteiger partial charge >= 0.3 is 0 Å². The summed E-state index contributed by atoms with van der Waals surface area (Å²) in [5.74, 6) is 0.510. The third-order valence-electron chi connectivity index (χ3n) is 6.58. The predicted molar refractivity (Wildman–Crippen MR) is 159 cm³/mol. The number of benzene rings is 2. The third kappa shape index (κ3) is 6.13. The zero-order chi connectivity index (χ0) is 28.1. The summed E-state index contributed by atoms with van der Waals surface area (Å²) >= 11 is 6.57. The van der Waals surface area contributed by atoms with Gasteiger partial charge in [-0.3, -0.25) is 9.78 Å². The molecule has 4 rings (SSSR count). The Hall–Kier alpha value is -4.16. The second-order valence-corrected chi connectivity index (χ2v) is 10.0. The van der Waals surface area contributed by atoms with E-state index in [0.717, 1.165) is 50.1 Å². The average Bonchev–Trinajstić information content (AvgIpc) is 2.89. The first-order valence-corrected chi connectivity index (χ1v) is 13.1. The molecule has 0 aliphatic heterocycles. The SMILES string of the molecule is C=C/C=C(/c1cc(C)nc2c(OCc3c(Cl)cncc3CNC(=O)c3c(C)cccc3C)cccc12)N(C)C. The van der Waals surface area contributed by atoms with E-state index in [2.05, 4.69) is 27.8 Å². The van der Waals surface area contributed by atoms with Crippen molar-refractivity contribution < 1.29 is 9.53 Å². The number of halogens is 1. The molecule has 6 nitrogen and oxygen atoms in total. The number of nitrogens with zero attached hydrogens (tertiary/aromatic N) is 3. The zero-order valence-electron chi connectivity index (χ0n) is 23.0. The van der Waals surface area contributed by atoms with Gasteiger partial charge < -0.3 is 15.0 Å². The molecule has 1 amide bonds. The number of aromatic nitrogens is 2. The molecule has 0 radical (unpaired) electrons. The molecule has 7 heteroatoms. The first-order chi connectivity index (χ1) is 18.7. The molecule has 0 saturated heterocycles. The van der Waals surface area contributed by atoms with Crippen molar-refractivity contribution in [2.75, 3.05) is 14.1 Å². The smallest absolute Gasteiger partial charge is 0.252 e. The fraction of sp³-hybridized carbons (Fsp3) is 0.219. The Morgan fingerprint density at radius 3 is 2.51 bits per heavy atom. The van der Waals surface area contributed by atoms with Gasteiger partial charge in [0, 0.05) is 66.5 Å². The molecule has 0 aliphatic carbocycles. The fourth-order valence-electron chi connectivity index (χ4n) is 4.67. The van der Waals surface area contributed by atoms with Crippen LogP contribution in [-0.2, 0) is 13.2 Å². The van der Waals surface area contributed by atoms with Crippen LogP contribution in [-0.4, -0.2) is 34.9 Å². The van der Waals surface area contributed by atoms with E-state index in [1.54, 1.807) is 18.5 Å². The van der Waals surface area contributed by atoms with Gasteiger partial charge in [-0.1, -0.05) is 54.6 Å². The zero-order valence-corrected chi connectivity index (χ0v) is 23.8. The van der Waals surface area contributed by atoms with Crippen molar-refractivity contribution in [1.29, 1.82) is 0 Å². The van der Waals surface area contributed by atoms with Crippen LogP contribution in [0.5, 0.6) is 5.75 Å². The van der Waals surface area contributed by atoms with Gasteiger partial charge in [0.15, 0.2) is 0 Å². The number of hydrogen-bond acceptors (Lipinski definition) is 5. The number of carbonyl (C=O) groups excluding carboxylic acids is 1. The number of carbonyl (C=O) groups is 1. The lowest BCUT2D eigenvalue weighted by Crippen LogP contribution is -2.25. The van der Waals surface area contributed by atoms with Gasteiger partial charge in [0.05, 0.1) is 5.02 Å². The molecule has 0 aliphatic rings. The number of rotatable bonds is 9. The maximum Gasteiger partial charge on any atom is 0.252 e. The van der Waals surface area contributed by atoms with Gasteiger partial charge in [-0.05, 0) is 55.7 Å². The fourth-order valence-corrected chi connectivity index (χ4v) is 4.90. The van der Waals surface area contributed by atoms with Crippen LogP contribution in [0.2, 0.25) is 5.02 Å². The maximum atomic E-state index is 13.0. The number of fused-ring (bicyclic) bond motifs is 1. The van der Waals surface area contributed by atoms with Gasteiger partial charge in [0.2, 0.25) is 0 Å². The maximum absolute atomic E-state index is 13.0. The van der Waals surface area contributed by atoms with Crippen LogP contribution in [0, 0.1) is 20.8 Å². The Morgan fingerprint density at radius 1 is 1.10 bits per heavy atom. The summed E-state index contributed by atoms with van der Waals surface area (Å²) in [5, 5.41) is 4.47. The molecule has 0 atom stereocenters. The Morgan fingerprint density at radius 2 is 1.82 bits per heavy atom. The lowest BCUT2D eigenvalue weighted by molar-refractivity contribution is 0.0949. The van der Waals surface area contributed by atoms with Crippen molar-refractivity contribution in [2.24, 2.45) is 0 Å². The van der Waals surface area contributed by atoms with Gasteiger partial charge in [-0.25, -0.2) is 4.98 Å². The van der Waals surface area contributed by atoms with Gasteiger partial charge in [0.1, 0.15) is 17.9 Å². The van der Waals surface area contributed by atoms with E-state index in [9.17, 15) is 4.79 Å². The third-order valence-corrected chi connectivity index (χ3v) is 6.90. The Labute approximate surface area is 235 Å². The highest BCUT2D eigenvalue weighted by atomic mass is 35.5. The molecule has 2 aromatic carbocycles. The molecule has 0 saturated carbocycles. The molecule has 1 N–H and O–H groups in total. The van der Waals surface area contributed by atoms with Gasteiger partial charge in [0.25, 0.3) is 5.91 Å². The summed E-state index contributed by atoms with van der Waals surface area (Å²) in [6.45, 7) is 10.2. The van der Waals surface area contributed by atoms with Crippen LogP contribution in [0.25, 0.3) is 16.6 Å². The summed E-state index contributed by atoms with van der Waals surface area (Å²) in [5.41, 5.74) is 7.80. The average molecular weight is 541 g/mol. The monoisotopic (exact) mass is 540 g/mol. The summed E-state index contributed by atoms with van der Waals surface area (Å²) in [6, 6.07) is 13.8. The summed E-state index contributed by atoms with van der Waals surface area (Å²) in [6.07, 6.45) is 7.06. The standard InChI is InChI=1S/C32H33ClN4O2/c1-7-10-28(37(5)6)25-15-22(4)36-31-24(25)13-9-14-29(31)39-19-26-23(16-34-18-27(26)33)17-35-32(38)30-20(2)11-8-12-21(30)3/h7-16,18H,1,17,19H2,2-6H3,(H,35,38)/b28-10-. The molecule has 0 spiro atoms. The van der Waals surface area contributed by atoms with Crippen LogP contribution >= 0.6 is 11.6 Å². The van der Waals surface area contributed by atoms with E-state index in [1.807, 2.05) is 77.3 Å². The number of pyridine rings is 2. The van der Waals surface area contributed by atoms with Crippen LogP contribution in [0.4, 0.5) is 0 Å². The van der Waals surface area contributed by atoms with E-state index in [4.69, 9.17) is 21.3 Å². The normalized spacial score (nSPS) is 11.4. The van der Waals surface area contributed by atoms with Crippen molar-refractivity contribution in [2.45, 2.75) is 33.9 Å². The molecule has 2 aromatic heterocycles. The highest BCUT2D eigenvalue weighted by Gasteiger charge is 2.17. The number of amides is 1. The van der Waals surface area contributed by atoms with Crippen molar-refractivity contribution in [1.82, 2.24) is 20.2 Å². The highest BCUT2D eigenvalue weighted by molar-refractivity contribution is 6.31. The number of aryl methyl sites for hydroxylation is 3. The Bertz CT molecular complexity index is 1560. The van der Waals surface area contributed by atoms with Crippen molar-refractivity contribution in [3.63, 3.8) is 0 Å². The van der Waals surface area contributed by atoms with Crippen molar-refractivity contribution >= 4 is 34.1 Å². The van der Waals surface area contributed by atoms with E-state index >= 15 is 0 Å². The van der Waals surface area contributed by atoms with Gasteiger partial charge in [-0.15, -0.1) is 0 Å². The first kappa shape index (κ1) is 27.9. The largest absolute Gasteiger partial charge is 0.487 e. The van der Waals surface area contributed by atoms with E-state index in [1.165, 1.54) is 0 Å². The number of allylic oxidation sites excluding steroid dienone is 2. The molecule has 2 heterocycles. The van der Waals surface area contributed by atoms with E-state index < -0.39 is 0 Å². The minimum Gasteiger partial charge on any atom is -0.487 e. The minimum atomic E-state index is -0.136. The lowest BCUT2D eigenvalue weighted by Gasteiger charge is -2.20. The molecule has 39 heavy (non-hydrogen) atoms. The topological polar surface area (TPSA) is 67.4 Å². The molecular formula is C32H33ClN4O2. The first-order valence-electron chi connectivity index (χ1n) is 12.7. The predicted octanol–water partition coefficient (Wildman–Crippen LogP) is 6.81. The second kappa shape index (κ2) is 12.1. The van der Waals surface area contributed by atoms with E-state index in [0.29, 0.717) is 16.3 Å². The number of ether oxygens (including phenoxy) is 1. The van der Waals surface area contributed by atoms with Crippen LogP contribution in [0.15, 0.2) is 73.6 Å². The number of nitrogens with one attached hydrogen (secondary N) is 1. The molecule has 200 valence electrons. The van der Waals surface area contributed by atoms with Crippen LogP contribution < -0.4 is 10.1 Å². The number of hydrogen-bond donors (Lipinski definition) is 1. The van der Waals surface area contributed by atoms with Crippen molar-refractivity contribution in [3.8, 4) is 5.75 Å². The Kier molecular flexibility index (Phi) is 8.67. The van der Waals surface area contributed by atoms with Crippen molar-refractivity contribution in [3.05, 3.63) is 118 Å². The number of para-hydroxylation sites is 1. The highest BCUT2D eigenvalue weighted by Crippen LogP contribution is 2.32. The summed E-state index contributed by atoms with van der Waals surface area (Å²) in [4.78, 5) is 24.1. The van der Waals surface area contributed by atoms with Gasteiger partial charge in [-0.2, -0.15) is 0 Å². The molecule has 4 aromatic rings. The second-order valence-electron chi connectivity index (χ2n) is 9.64. The molecule has 0 bridgehead atoms. The molecular weight excluding hydrogens is 508 g/mol. The molecule has 0 unspecified atom stereocenters.